The average Bonchev–Trinajstić information content (AvgIpc) is 2.96. The van der Waals surface area contributed by atoms with Gasteiger partial charge in [0.05, 0.1) is 22.5 Å². The number of hydrogen-bond donors (Lipinski definition) is 1. The molecule has 0 saturated heterocycles. The maximum atomic E-state index is 14.5. The highest BCUT2D eigenvalue weighted by Gasteiger charge is 2.21. The first-order chi connectivity index (χ1) is 11.9. The molecule has 2 aromatic heterocycles. The second-order valence-corrected chi connectivity index (χ2v) is 6.27. The van der Waals surface area contributed by atoms with Crippen molar-refractivity contribution in [2.75, 3.05) is 0 Å². The van der Waals surface area contributed by atoms with Crippen LogP contribution in [-0.4, -0.2) is 9.55 Å². The van der Waals surface area contributed by atoms with Crippen molar-refractivity contribution in [2.24, 2.45) is 0 Å². The molecule has 4 rings (SSSR count). The van der Waals surface area contributed by atoms with Crippen LogP contribution in [0.3, 0.4) is 0 Å². The first kappa shape index (κ1) is 15.3. The molecule has 0 radical (unpaired) electrons. The Morgan fingerprint density at radius 1 is 1.16 bits per heavy atom. The van der Waals surface area contributed by atoms with Crippen LogP contribution in [-0.2, 0) is 0 Å². The summed E-state index contributed by atoms with van der Waals surface area (Å²) >= 11 is 0. The molecule has 25 heavy (non-hydrogen) atoms. The molecule has 0 saturated carbocycles. The maximum absolute atomic E-state index is 14.5. The van der Waals surface area contributed by atoms with Crippen LogP contribution in [0, 0.1) is 23.0 Å². The van der Waals surface area contributed by atoms with E-state index in [2.05, 4.69) is 11.1 Å². The lowest BCUT2D eigenvalue weighted by atomic mass is 10.1. The Morgan fingerprint density at radius 3 is 2.56 bits per heavy atom. The summed E-state index contributed by atoms with van der Waals surface area (Å²) in [7, 11) is 0. The molecule has 0 bridgehead atoms. The SMILES string of the molecule is CC(C)n1c2[nH]c3cc(C#N)ccc3c2c(=O)c2ccc(F)c(F)c21. The lowest BCUT2D eigenvalue weighted by Crippen LogP contribution is -2.14. The minimum Gasteiger partial charge on any atom is -0.340 e. The summed E-state index contributed by atoms with van der Waals surface area (Å²) < 4.78 is 29.9. The number of benzene rings is 2. The van der Waals surface area contributed by atoms with Gasteiger partial charge in [0.25, 0.3) is 0 Å². The topological polar surface area (TPSA) is 61.6 Å². The van der Waals surface area contributed by atoms with E-state index in [1.807, 2.05) is 13.8 Å². The number of pyridine rings is 1. The molecule has 0 spiro atoms. The molecule has 4 nitrogen and oxygen atoms in total. The molecule has 2 aromatic carbocycles. The molecule has 0 aliphatic heterocycles. The molecule has 0 fully saturated rings. The number of nitrogens with zero attached hydrogens (tertiary/aromatic N) is 2. The van der Waals surface area contributed by atoms with Gasteiger partial charge >= 0.3 is 0 Å². The van der Waals surface area contributed by atoms with E-state index in [0.29, 0.717) is 27.5 Å². The quantitative estimate of drug-likeness (QED) is 0.561. The standard InChI is InChI=1S/C19H13F2N3O/c1-9(2)24-17-12(5-6-13(20)16(17)21)18(25)15-11-4-3-10(8-22)7-14(11)23-19(15)24/h3-7,9,23H,1-2H3. The van der Waals surface area contributed by atoms with Crippen LogP contribution >= 0.6 is 0 Å². The average molecular weight is 337 g/mol. The normalized spacial score (nSPS) is 11.7. The number of hydrogen-bond acceptors (Lipinski definition) is 2. The molecule has 2 heterocycles. The van der Waals surface area contributed by atoms with Gasteiger partial charge in [0, 0.05) is 22.3 Å². The van der Waals surface area contributed by atoms with Crippen molar-refractivity contribution in [1.29, 1.82) is 5.26 Å². The molecule has 0 aliphatic rings. The zero-order valence-corrected chi connectivity index (χ0v) is 13.5. The summed E-state index contributed by atoms with van der Waals surface area (Å²) in [5.41, 5.74) is 1.06. The minimum absolute atomic E-state index is 0.0560. The molecule has 0 atom stereocenters. The summed E-state index contributed by atoms with van der Waals surface area (Å²) in [5, 5.41) is 10.3. The summed E-state index contributed by atoms with van der Waals surface area (Å²) in [5.74, 6) is -2.04. The third-order valence-electron chi connectivity index (χ3n) is 4.45. The monoisotopic (exact) mass is 337 g/mol. The third kappa shape index (κ3) is 1.99. The van der Waals surface area contributed by atoms with Gasteiger partial charge in [-0.1, -0.05) is 6.07 Å². The number of aromatic amines is 1. The number of nitrogens with one attached hydrogen (secondary N) is 1. The van der Waals surface area contributed by atoms with E-state index in [0.717, 1.165) is 6.07 Å². The van der Waals surface area contributed by atoms with Crippen molar-refractivity contribution < 1.29 is 8.78 Å². The highest BCUT2D eigenvalue weighted by Crippen LogP contribution is 2.30. The number of rotatable bonds is 1. The Morgan fingerprint density at radius 2 is 1.88 bits per heavy atom. The largest absolute Gasteiger partial charge is 0.340 e. The van der Waals surface area contributed by atoms with Crippen LogP contribution in [0.1, 0.15) is 25.5 Å². The molecule has 124 valence electrons. The van der Waals surface area contributed by atoms with E-state index in [4.69, 9.17) is 5.26 Å². The lowest BCUT2D eigenvalue weighted by molar-refractivity contribution is 0.507. The van der Waals surface area contributed by atoms with Crippen LogP contribution in [0.5, 0.6) is 0 Å². The van der Waals surface area contributed by atoms with E-state index in [1.165, 1.54) is 6.07 Å². The third-order valence-corrected chi connectivity index (χ3v) is 4.45. The summed E-state index contributed by atoms with van der Waals surface area (Å²) in [6.07, 6.45) is 0. The Balaban J connectivity index is 2.36. The lowest BCUT2D eigenvalue weighted by Gasteiger charge is -2.17. The van der Waals surface area contributed by atoms with Gasteiger partial charge in [-0.3, -0.25) is 4.79 Å². The summed E-state index contributed by atoms with van der Waals surface area (Å²) in [6.45, 7) is 3.67. The van der Waals surface area contributed by atoms with E-state index in [1.54, 1.807) is 22.8 Å². The molecule has 0 unspecified atom stereocenters. The van der Waals surface area contributed by atoms with Crippen molar-refractivity contribution in [1.82, 2.24) is 9.55 Å². The molecular formula is C19H13F2N3O. The Labute approximate surface area is 140 Å². The van der Waals surface area contributed by atoms with Gasteiger partial charge in [0.15, 0.2) is 17.1 Å². The second kappa shape index (κ2) is 5.15. The fourth-order valence-corrected chi connectivity index (χ4v) is 3.38. The van der Waals surface area contributed by atoms with Crippen molar-refractivity contribution in [3.05, 3.63) is 57.8 Å². The predicted molar refractivity (Wildman–Crippen MR) is 92.6 cm³/mol. The highest BCUT2D eigenvalue weighted by molar-refractivity contribution is 6.10. The van der Waals surface area contributed by atoms with Crippen LogP contribution in [0.2, 0.25) is 0 Å². The maximum Gasteiger partial charge on any atom is 0.199 e. The predicted octanol–water partition coefficient (Wildman–Crippen LogP) is 4.37. The molecule has 1 N–H and O–H groups in total. The number of nitriles is 1. The van der Waals surface area contributed by atoms with E-state index >= 15 is 0 Å². The van der Waals surface area contributed by atoms with Gasteiger partial charge in [0.2, 0.25) is 0 Å². The van der Waals surface area contributed by atoms with Crippen LogP contribution < -0.4 is 5.43 Å². The molecule has 0 aliphatic carbocycles. The fourth-order valence-electron chi connectivity index (χ4n) is 3.38. The van der Waals surface area contributed by atoms with Crippen LogP contribution in [0.4, 0.5) is 8.78 Å². The van der Waals surface area contributed by atoms with Gasteiger partial charge in [-0.25, -0.2) is 8.78 Å². The first-order valence-electron chi connectivity index (χ1n) is 7.81. The Bertz CT molecular complexity index is 1280. The van der Waals surface area contributed by atoms with Crippen molar-refractivity contribution in [2.45, 2.75) is 19.9 Å². The zero-order chi connectivity index (χ0) is 17.9. The highest BCUT2D eigenvalue weighted by atomic mass is 19.2. The smallest absolute Gasteiger partial charge is 0.199 e. The van der Waals surface area contributed by atoms with Gasteiger partial charge < -0.3 is 9.55 Å². The Kier molecular flexibility index (Phi) is 3.16. The van der Waals surface area contributed by atoms with Gasteiger partial charge in [-0.15, -0.1) is 0 Å². The van der Waals surface area contributed by atoms with E-state index < -0.39 is 11.6 Å². The summed E-state index contributed by atoms with van der Waals surface area (Å²) in [6, 6.07) is 9.09. The van der Waals surface area contributed by atoms with Crippen LogP contribution in [0.25, 0.3) is 32.8 Å². The number of fused-ring (bicyclic) bond motifs is 4. The molecule has 6 heteroatoms. The molecule has 4 aromatic rings. The van der Waals surface area contributed by atoms with Crippen LogP contribution in [0.15, 0.2) is 35.1 Å². The second-order valence-electron chi connectivity index (χ2n) is 6.27. The number of H-pyrrole nitrogens is 1. The van der Waals surface area contributed by atoms with Gasteiger partial charge in [-0.05, 0) is 38.1 Å². The van der Waals surface area contributed by atoms with E-state index in [-0.39, 0.29) is 22.4 Å². The summed E-state index contributed by atoms with van der Waals surface area (Å²) in [4.78, 5) is 16.1. The first-order valence-corrected chi connectivity index (χ1v) is 7.81. The van der Waals surface area contributed by atoms with Gasteiger partial charge in [-0.2, -0.15) is 5.26 Å². The molecule has 0 amide bonds. The van der Waals surface area contributed by atoms with Crippen molar-refractivity contribution in [3.8, 4) is 6.07 Å². The number of aromatic nitrogens is 2. The number of halogens is 2. The minimum atomic E-state index is -1.04. The molecular weight excluding hydrogens is 324 g/mol. The van der Waals surface area contributed by atoms with Crippen molar-refractivity contribution >= 4 is 32.8 Å². The fraction of sp³-hybridized carbons (Fsp3) is 0.158. The van der Waals surface area contributed by atoms with Crippen molar-refractivity contribution in [3.63, 3.8) is 0 Å². The van der Waals surface area contributed by atoms with E-state index in [9.17, 15) is 13.6 Å². The van der Waals surface area contributed by atoms with Gasteiger partial charge in [0.1, 0.15) is 5.65 Å². The Hall–Kier alpha value is -3.20. The zero-order valence-electron chi connectivity index (χ0n) is 13.5.